The van der Waals surface area contributed by atoms with Gasteiger partial charge in [0.1, 0.15) is 5.75 Å². The molecule has 1 atom stereocenters. The molecule has 1 aliphatic heterocycles. The van der Waals surface area contributed by atoms with E-state index < -0.39 is 0 Å². The average molecular weight is 326 g/mol. The van der Waals surface area contributed by atoms with Crippen LogP contribution in [0.3, 0.4) is 0 Å². The van der Waals surface area contributed by atoms with E-state index in [0.29, 0.717) is 5.92 Å². The molecule has 0 saturated carbocycles. The molecule has 1 aliphatic rings. The lowest BCUT2D eigenvalue weighted by Gasteiger charge is -2.17. The van der Waals surface area contributed by atoms with Crippen LogP contribution < -0.4 is 4.74 Å². The van der Waals surface area contributed by atoms with Crippen molar-refractivity contribution in [2.75, 3.05) is 25.5 Å². The number of aryl methyl sites for hydroxylation is 1. The highest BCUT2D eigenvalue weighted by atomic mass is 79.9. The second-order valence-electron chi connectivity index (χ2n) is 5.07. The van der Waals surface area contributed by atoms with Crippen molar-refractivity contribution in [3.8, 4) is 5.75 Å². The third-order valence-electron chi connectivity index (χ3n) is 3.75. The van der Waals surface area contributed by atoms with E-state index in [1.807, 2.05) is 30.0 Å². The first-order valence-electron chi connectivity index (χ1n) is 6.65. The Hall–Kier alpha value is -1.03. The fourth-order valence-corrected chi connectivity index (χ4v) is 3.19. The van der Waals surface area contributed by atoms with Crippen molar-refractivity contribution in [1.82, 2.24) is 4.90 Å². The van der Waals surface area contributed by atoms with Crippen molar-refractivity contribution < 1.29 is 9.53 Å². The quantitative estimate of drug-likeness (QED) is 0.795. The Balaban J connectivity index is 2.08. The van der Waals surface area contributed by atoms with Crippen LogP contribution in [0.5, 0.6) is 5.75 Å². The van der Waals surface area contributed by atoms with Crippen LogP contribution in [0.2, 0.25) is 0 Å². The van der Waals surface area contributed by atoms with Crippen LogP contribution in [-0.4, -0.2) is 36.3 Å². The van der Waals surface area contributed by atoms with Gasteiger partial charge in [0, 0.05) is 24.0 Å². The molecule has 4 heteroatoms. The first-order chi connectivity index (χ1) is 9.15. The highest BCUT2D eigenvalue weighted by Crippen LogP contribution is 2.24. The summed E-state index contributed by atoms with van der Waals surface area (Å²) in [6.45, 7) is 3.72. The summed E-state index contributed by atoms with van der Waals surface area (Å²) in [6, 6.07) is 5.67. The summed E-state index contributed by atoms with van der Waals surface area (Å²) < 4.78 is 5.28. The molecule has 1 amide bonds. The lowest BCUT2D eigenvalue weighted by Crippen LogP contribution is -2.28. The van der Waals surface area contributed by atoms with Gasteiger partial charge >= 0.3 is 0 Å². The van der Waals surface area contributed by atoms with E-state index in [4.69, 9.17) is 4.74 Å². The van der Waals surface area contributed by atoms with Gasteiger partial charge in [0.25, 0.3) is 5.91 Å². The van der Waals surface area contributed by atoms with Crippen molar-refractivity contribution >= 4 is 21.8 Å². The Bertz CT molecular complexity index is 461. The summed E-state index contributed by atoms with van der Waals surface area (Å²) in [6.07, 6.45) is 2.25. The molecule has 1 heterocycles. The fraction of sp³-hybridized carbons (Fsp3) is 0.533. The maximum Gasteiger partial charge on any atom is 0.253 e. The minimum atomic E-state index is 0.121. The van der Waals surface area contributed by atoms with Crippen LogP contribution >= 0.6 is 15.9 Å². The Morgan fingerprint density at radius 2 is 2.32 bits per heavy atom. The zero-order valence-electron chi connectivity index (χ0n) is 11.5. The summed E-state index contributed by atoms with van der Waals surface area (Å²) in [7, 11) is 1.64. The van der Waals surface area contributed by atoms with E-state index in [2.05, 4.69) is 15.9 Å². The van der Waals surface area contributed by atoms with Gasteiger partial charge in [-0.3, -0.25) is 4.79 Å². The molecule has 2 rings (SSSR count). The number of likely N-dealkylation sites (tertiary alicyclic amines) is 1. The lowest BCUT2D eigenvalue weighted by molar-refractivity contribution is 0.0786. The molecule has 0 aliphatic carbocycles. The van der Waals surface area contributed by atoms with Crippen LogP contribution in [0.25, 0.3) is 0 Å². The molecule has 0 N–H and O–H groups in total. The van der Waals surface area contributed by atoms with Gasteiger partial charge < -0.3 is 9.64 Å². The van der Waals surface area contributed by atoms with Crippen molar-refractivity contribution in [2.24, 2.45) is 5.92 Å². The van der Waals surface area contributed by atoms with E-state index >= 15 is 0 Å². The molecule has 1 fully saturated rings. The first-order valence-corrected chi connectivity index (χ1v) is 7.77. The van der Waals surface area contributed by atoms with Crippen LogP contribution in [0.4, 0.5) is 0 Å². The van der Waals surface area contributed by atoms with Crippen LogP contribution in [-0.2, 0) is 0 Å². The minimum Gasteiger partial charge on any atom is -0.496 e. The number of amides is 1. The molecule has 1 saturated heterocycles. The summed E-state index contributed by atoms with van der Waals surface area (Å²) >= 11 is 3.47. The van der Waals surface area contributed by atoms with E-state index in [1.165, 1.54) is 0 Å². The number of carbonyl (C=O) groups is 1. The summed E-state index contributed by atoms with van der Waals surface area (Å²) in [4.78, 5) is 14.4. The first kappa shape index (κ1) is 14.4. The van der Waals surface area contributed by atoms with E-state index in [0.717, 1.165) is 48.1 Å². The number of benzene rings is 1. The summed E-state index contributed by atoms with van der Waals surface area (Å²) in [5.74, 6) is 1.54. The molecule has 19 heavy (non-hydrogen) atoms. The van der Waals surface area contributed by atoms with E-state index in [-0.39, 0.29) is 5.91 Å². The second kappa shape index (κ2) is 6.42. The number of carbonyl (C=O) groups excluding carboxylic acids is 1. The Labute approximate surface area is 123 Å². The largest absolute Gasteiger partial charge is 0.496 e. The van der Waals surface area contributed by atoms with Gasteiger partial charge in [-0.25, -0.2) is 0 Å². The van der Waals surface area contributed by atoms with Gasteiger partial charge in [-0.2, -0.15) is 0 Å². The molecule has 104 valence electrons. The molecule has 0 radical (unpaired) electrons. The van der Waals surface area contributed by atoms with Gasteiger partial charge in [0.2, 0.25) is 0 Å². The van der Waals surface area contributed by atoms with Gasteiger partial charge in [-0.05, 0) is 43.4 Å². The number of halogens is 1. The minimum absolute atomic E-state index is 0.121. The van der Waals surface area contributed by atoms with Crippen LogP contribution in [0.15, 0.2) is 18.2 Å². The fourth-order valence-electron chi connectivity index (χ4n) is 2.54. The predicted molar refractivity (Wildman–Crippen MR) is 80.2 cm³/mol. The molecular formula is C15H20BrNO2. The number of rotatable bonds is 4. The van der Waals surface area contributed by atoms with Crippen molar-refractivity contribution in [3.05, 3.63) is 29.3 Å². The molecule has 1 aromatic carbocycles. The number of ether oxygens (including phenoxy) is 1. The van der Waals surface area contributed by atoms with Crippen LogP contribution in [0.1, 0.15) is 28.8 Å². The van der Waals surface area contributed by atoms with Crippen molar-refractivity contribution in [2.45, 2.75) is 19.8 Å². The van der Waals surface area contributed by atoms with E-state index in [1.54, 1.807) is 7.11 Å². The highest BCUT2D eigenvalue weighted by molar-refractivity contribution is 9.09. The van der Waals surface area contributed by atoms with Crippen molar-refractivity contribution in [3.63, 3.8) is 0 Å². The molecule has 0 spiro atoms. The molecule has 0 bridgehead atoms. The van der Waals surface area contributed by atoms with Gasteiger partial charge in [-0.15, -0.1) is 0 Å². The Morgan fingerprint density at radius 3 is 3.00 bits per heavy atom. The number of hydrogen-bond acceptors (Lipinski definition) is 2. The third-order valence-corrected chi connectivity index (χ3v) is 4.20. The topological polar surface area (TPSA) is 29.5 Å². The molecule has 1 unspecified atom stereocenters. The SMILES string of the molecule is COc1cc(C(=O)N2CCC(CCBr)C2)ccc1C. The lowest BCUT2D eigenvalue weighted by atomic mass is 10.1. The maximum absolute atomic E-state index is 12.4. The Kier molecular flexibility index (Phi) is 4.86. The summed E-state index contributed by atoms with van der Waals surface area (Å²) in [5, 5.41) is 1.01. The average Bonchev–Trinajstić information content (AvgIpc) is 2.87. The van der Waals surface area contributed by atoms with Crippen LogP contribution in [0, 0.1) is 12.8 Å². The monoisotopic (exact) mass is 325 g/mol. The predicted octanol–water partition coefficient (Wildman–Crippen LogP) is 3.25. The van der Waals surface area contributed by atoms with E-state index in [9.17, 15) is 4.79 Å². The highest BCUT2D eigenvalue weighted by Gasteiger charge is 2.26. The van der Waals surface area contributed by atoms with Gasteiger partial charge in [0.15, 0.2) is 0 Å². The molecule has 0 aromatic heterocycles. The van der Waals surface area contributed by atoms with Gasteiger partial charge in [-0.1, -0.05) is 22.0 Å². The standard InChI is InChI=1S/C15H20BrNO2/c1-11-3-4-13(9-14(11)19-2)15(18)17-8-6-12(10-17)5-7-16/h3-4,9,12H,5-8,10H2,1-2H3. The smallest absolute Gasteiger partial charge is 0.253 e. The maximum atomic E-state index is 12.4. The molecular weight excluding hydrogens is 306 g/mol. The molecule has 3 nitrogen and oxygen atoms in total. The number of methoxy groups -OCH3 is 1. The van der Waals surface area contributed by atoms with Crippen molar-refractivity contribution in [1.29, 1.82) is 0 Å². The molecule has 1 aromatic rings. The zero-order valence-corrected chi connectivity index (χ0v) is 13.1. The number of hydrogen-bond donors (Lipinski definition) is 0. The number of alkyl halides is 1. The zero-order chi connectivity index (χ0) is 13.8. The van der Waals surface area contributed by atoms with Gasteiger partial charge in [0.05, 0.1) is 7.11 Å². The second-order valence-corrected chi connectivity index (χ2v) is 5.86. The summed E-state index contributed by atoms with van der Waals surface area (Å²) in [5.41, 5.74) is 1.78. The Morgan fingerprint density at radius 1 is 1.53 bits per heavy atom. The third kappa shape index (κ3) is 3.30. The normalized spacial score (nSPS) is 18.7. The number of nitrogens with zero attached hydrogens (tertiary/aromatic N) is 1.